The van der Waals surface area contributed by atoms with Crippen molar-refractivity contribution < 1.29 is 13.2 Å². The molecular weight excluding hydrogens is 383 g/mol. The number of benzene rings is 1. The number of nitrogens with one attached hydrogen (secondary N) is 1. The summed E-state index contributed by atoms with van der Waals surface area (Å²) in [5.74, 6) is -0.936. The Bertz CT molecular complexity index is 749. The third-order valence-electron chi connectivity index (χ3n) is 3.34. The van der Waals surface area contributed by atoms with Crippen molar-refractivity contribution in [3.63, 3.8) is 0 Å². The second kappa shape index (κ2) is 6.17. The van der Waals surface area contributed by atoms with Crippen LogP contribution < -0.4 is 5.32 Å². The van der Waals surface area contributed by atoms with Crippen molar-refractivity contribution in [2.24, 2.45) is 5.41 Å². The zero-order valence-corrected chi connectivity index (χ0v) is 15.9. The fourth-order valence-corrected chi connectivity index (χ4v) is 3.37. The Morgan fingerprint density at radius 2 is 1.67 bits per heavy atom. The first-order valence-electron chi connectivity index (χ1n) is 7.60. The van der Waals surface area contributed by atoms with Gasteiger partial charge in [-0.1, -0.05) is 36.7 Å². The standard InChI is InChI=1S/C17H21BrF3N3/c1-15(2,3)9-16(4,5)24-13-11-8-10(18)6-7-12(11)22-14(23-13)17(19,20)21/h6-8H,9H2,1-5H3,(H,22,23,24). The Kier molecular flexibility index (Phi) is 4.87. The molecule has 1 N–H and O–H groups in total. The van der Waals surface area contributed by atoms with E-state index in [2.05, 4.69) is 52.0 Å². The Balaban J connectivity index is 2.56. The van der Waals surface area contributed by atoms with Gasteiger partial charge in [0.05, 0.1) is 5.52 Å². The minimum absolute atomic E-state index is 0.0206. The molecule has 0 atom stereocenters. The van der Waals surface area contributed by atoms with E-state index in [9.17, 15) is 13.2 Å². The van der Waals surface area contributed by atoms with E-state index < -0.39 is 17.5 Å². The number of fused-ring (bicyclic) bond motifs is 1. The molecule has 1 aromatic heterocycles. The fourth-order valence-electron chi connectivity index (χ4n) is 3.01. The number of alkyl halides is 3. The Hall–Kier alpha value is -1.37. The molecule has 0 aliphatic carbocycles. The number of hydrogen-bond donors (Lipinski definition) is 1. The lowest BCUT2D eigenvalue weighted by Gasteiger charge is -2.34. The average molecular weight is 404 g/mol. The molecule has 0 aliphatic heterocycles. The van der Waals surface area contributed by atoms with Gasteiger partial charge in [-0.2, -0.15) is 13.2 Å². The largest absolute Gasteiger partial charge is 0.451 e. The number of rotatable bonds is 3. The highest BCUT2D eigenvalue weighted by Crippen LogP contribution is 2.34. The van der Waals surface area contributed by atoms with Crippen molar-refractivity contribution in [3.05, 3.63) is 28.5 Å². The van der Waals surface area contributed by atoms with Crippen molar-refractivity contribution in [2.45, 2.75) is 52.8 Å². The molecule has 0 unspecified atom stereocenters. The van der Waals surface area contributed by atoms with Crippen molar-refractivity contribution >= 4 is 32.7 Å². The van der Waals surface area contributed by atoms with Crippen LogP contribution >= 0.6 is 15.9 Å². The van der Waals surface area contributed by atoms with Crippen LogP contribution in [0.4, 0.5) is 19.0 Å². The number of halogens is 4. The normalized spacial score (nSPS) is 13.4. The molecular formula is C17H21BrF3N3. The van der Waals surface area contributed by atoms with Crippen LogP contribution in [-0.4, -0.2) is 15.5 Å². The fraction of sp³-hybridized carbons (Fsp3) is 0.529. The van der Waals surface area contributed by atoms with Crippen LogP contribution in [0.1, 0.15) is 46.9 Å². The summed E-state index contributed by atoms with van der Waals surface area (Å²) >= 11 is 3.35. The van der Waals surface area contributed by atoms with E-state index in [0.29, 0.717) is 5.39 Å². The number of aromatic nitrogens is 2. The van der Waals surface area contributed by atoms with E-state index in [0.717, 1.165) is 10.9 Å². The Labute approximate surface area is 148 Å². The number of anilines is 1. The SMILES string of the molecule is CC(C)(C)CC(C)(C)Nc1nc(C(F)(F)F)nc2ccc(Br)cc12. The first-order valence-corrected chi connectivity index (χ1v) is 8.39. The van der Waals surface area contributed by atoms with Gasteiger partial charge in [-0.15, -0.1) is 0 Å². The quantitative estimate of drug-likeness (QED) is 0.678. The molecule has 0 amide bonds. The minimum Gasteiger partial charge on any atom is -0.365 e. The maximum absolute atomic E-state index is 13.1. The molecule has 3 nitrogen and oxygen atoms in total. The lowest BCUT2D eigenvalue weighted by atomic mass is 9.82. The van der Waals surface area contributed by atoms with Crippen LogP contribution in [0.25, 0.3) is 10.9 Å². The lowest BCUT2D eigenvalue weighted by Crippen LogP contribution is -2.36. The topological polar surface area (TPSA) is 37.8 Å². The molecule has 0 saturated heterocycles. The van der Waals surface area contributed by atoms with Crippen molar-refractivity contribution in [1.82, 2.24) is 9.97 Å². The van der Waals surface area contributed by atoms with Crippen LogP contribution in [0.15, 0.2) is 22.7 Å². The summed E-state index contributed by atoms with van der Waals surface area (Å²) in [7, 11) is 0. The van der Waals surface area contributed by atoms with E-state index >= 15 is 0 Å². The van der Waals surface area contributed by atoms with Gasteiger partial charge in [0.25, 0.3) is 0 Å². The van der Waals surface area contributed by atoms with Crippen LogP contribution in [0.5, 0.6) is 0 Å². The van der Waals surface area contributed by atoms with E-state index in [4.69, 9.17) is 0 Å². The molecule has 0 fully saturated rings. The Morgan fingerprint density at radius 3 is 2.21 bits per heavy atom. The van der Waals surface area contributed by atoms with Gasteiger partial charge in [-0.25, -0.2) is 9.97 Å². The molecule has 7 heteroatoms. The van der Waals surface area contributed by atoms with E-state index in [1.807, 2.05) is 13.8 Å². The molecule has 1 aromatic carbocycles. The highest BCUT2D eigenvalue weighted by Gasteiger charge is 2.36. The molecule has 0 spiro atoms. The van der Waals surface area contributed by atoms with Gasteiger partial charge in [0.2, 0.25) is 5.82 Å². The predicted molar refractivity (Wildman–Crippen MR) is 94.0 cm³/mol. The minimum atomic E-state index is -4.59. The molecule has 132 valence electrons. The van der Waals surface area contributed by atoms with E-state index in [1.54, 1.807) is 18.2 Å². The van der Waals surface area contributed by atoms with Gasteiger partial charge in [0, 0.05) is 15.4 Å². The van der Waals surface area contributed by atoms with Gasteiger partial charge in [0.15, 0.2) is 0 Å². The summed E-state index contributed by atoms with van der Waals surface area (Å²) < 4.78 is 40.1. The third-order valence-corrected chi connectivity index (χ3v) is 3.83. The summed E-state index contributed by atoms with van der Waals surface area (Å²) in [6, 6.07) is 4.95. The van der Waals surface area contributed by atoms with Crippen LogP contribution in [0.2, 0.25) is 0 Å². The molecule has 2 rings (SSSR count). The summed E-state index contributed by atoms with van der Waals surface area (Å²) in [5.41, 5.74) is -0.146. The lowest BCUT2D eigenvalue weighted by molar-refractivity contribution is -0.144. The molecule has 24 heavy (non-hydrogen) atoms. The van der Waals surface area contributed by atoms with Gasteiger partial charge in [-0.3, -0.25) is 0 Å². The van der Waals surface area contributed by atoms with Crippen molar-refractivity contribution in [2.75, 3.05) is 5.32 Å². The predicted octanol–water partition coefficient (Wildman–Crippen LogP) is 6.04. The summed E-state index contributed by atoms with van der Waals surface area (Å²) in [4.78, 5) is 7.42. The monoisotopic (exact) mass is 403 g/mol. The summed E-state index contributed by atoms with van der Waals surface area (Å²) in [5, 5.41) is 3.74. The van der Waals surface area contributed by atoms with E-state index in [1.165, 1.54) is 0 Å². The van der Waals surface area contributed by atoms with E-state index in [-0.39, 0.29) is 16.7 Å². The Morgan fingerprint density at radius 1 is 1.04 bits per heavy atom. The van der Waals surface area contributed by atoms with Gasteiger partial charge < -0.3 is 5.32 Å². The molecule has 2 aromatic rings. The average Bonchev–Trinajstić information content (AvgIpc) is 2.34. The van der Waals surface area contributed by atoms with Crippen molar-refractivity contribution in [1.29, 1.82) is 0 Å². The zero-order valence-electron chi connectivity index (χ0n) is 14.3. The molecule has 0 radical (unpaired) electrons. The molecule has 0 bridgehead atoms. The molecule has 1 heterocycles. The summed E-state index contributed by atoms with van der Waals surface area (Å²) in [6.45, 7) is 10.2. The smallest absolute Gasteiger partial charge is 0.365 e. The highest BCUT2D eigenvalue weighted by atomic mass is 79.9. The first-order chi connectivity index (χ1) is 10.8. The second-order valence-corrected chi connectivity index (χ2v) is 8.72. The van der Waals surface area contributed by atoms with Gasteiger partial charge >= 0.3 is 6.18 Å². The van der Waals surface area contributed by atoms with Gasteiger partial charge in [-0.05, 0) is 43.9 Å². The van der Waals surface area contributed by atoms with Gasteiger partial charge in [0.1, 0.15) is 5.82 Å². The molecule has 0 saturated carbocycles. The summed E-state index contributed by atoms with van der Waals surface area (Å²) in [6.07, 6.45) is -3.83. The van der Waals surface area contributed by atoms with Crippen molar-refractivity contribution in [3.8, 4) is 0 Å². The maximum atomic E-state index is 13.1. The highest BCUT2D eigenvalue weighted by molar-refractivity contribution is 9.10. The second-order valence-electron chi connectivity index (χ2n) is 7.80. The third kappa shape index (κ3) is 4.82. The first kappa shape index (κ1) is 19.0. The number of hydrogen-bond acceptors (Lipinski definition) is 3. The maximum Gasteiger partial charge on any atom is 0.451 e. The zero-order chi connectivity index (χ0) is 18.3. The number of nitrogens with zero attached hydrogens (tertiary/aromatic N) is 2. The molecule has 0 aliphatic rings. The van der Waals surface area contributed by atoms with Crippen LogP contribution in [0.3, 0.4) is 0 Å². The van der Waals surface area contributed by atoms with Crippen LogP contribution in [0, 0.1) is 5.41 Å². The van der Waals surface area contributed by atoms with Crippen LogP contribution in [-0.2, 0) is 6.18 Å².